The van der Waals surface area contributed by atoms with Crippen LogP contribution in [0.5, 0.6) is 28.7 Å². The molecule has 3 atom stereocenters. The highest BCUT2D eigenvalue weighted by Crippen LogP contribution is 2.52. The summed E-state index contributed by atoms with van der Waals surface area (Å²) < 4.78 is 39.2. The van der Waals surface area contributed by atoms with Gasteiger partial charge in [-0.05, 0) is 62.5 Å². The molecule has 8 nitrogen and oxygen atoms in total. The highest BCUT2D eigenvalue weighted by Gasteiger charge is 2.43. The maximum Gasteiger partial charge on any atom is 0.162 e. The predicted octanol–water partition coefficient (Wildman–Crippen LogP) is 9.15. The van der Waals surface area contributed by atoms with Gasteiger partial charge in [-0.25, -0.2) is 0 Å². The third-order valence-electron chi connectivity index (χ3n) is 8.97. The van der Waals surface area contributed by atoms with Gasteiger partial charge in [0.1, 0.15) is 55.9 Å². The van der Waals surface area contributed by atoms with Crippen LogP contribution in [0.1, 0.15) is 45.6 Å². The largest absolute Gasteiger partial charge is 0.488 e. The van der Waals surface area contributed by atoms with Crippen molar-refractivity contribution in [2.75, 3.05) is 13.2 Å². The summed E-state index contributed by atoms with van der Waals surface area (Å²) in [5.41, 5.74) is 5.19. The topological polar surface area (TPSA) is 95.8 Å². The molecule has 0 bridgehead atoms. The van der Waals surface area contributed by atoms with Gasteiger partial charge < -0.3 is 38.6 Å². The number of aliphatic hydroxyl groups is 2. The molecule has 0 radical (unpaired) electrons. The molecule has 0 spiro atoms. The van der Waals surface area contributed by atoms with Crippen molar-refractivity contribution in [3.05, 3.63) is 183 Å². The molecule has 0 aliphatic carbocycles. The fourth-order valence-electron chi connectivity index (χ4n) is 6.24. The Kier molecular flexibility index (Phi) is 12.6. The summed E-state index contributed by atoms with van der Waals surface area (Å²) in [7, 11) is 0. The van der Waals surface area contributed by atoms with Gasteiger partial charge in [0.25, 0.3) is 0 Å². The van der Waals surface area contributed by atoms with Crippen LogP contribution in [0.3, 0.4) is 0 Å². The summed E-state index contributed by atoms with van der Waals surface area (Å²) in [4.78, 5) is 0. The van der Waals surface area contributed by atoms with Crippen molar-refractivity contribution in [2.24, 2.45) is 0 Å². The molecule has 6 aromatic rings. The second-order valence-corrected chi connectivity index (χ2v) is 13.9. The minimum Gasteiger partial charge on any atom is -0.488 e. The first-order valence-electron chi connectivity index (χ1n) is 17.8. The lowest BCUT2D eigenvalue weighted by atomic mass is 9.91. The zero-order valence-electron chi connectivity index (χ0n) is 29.6. The molecule has 6 aromatic carbocycles. The van der Waals surface area contributed by atoms with Crippen LogP contribution in [0.4, 0.5) is 0 Å². The summed E-state index contributed by atoms with van der Waals surface area (Å²) in [5.74, 6) is 2.55. The van der Waals surface area contributed by atoms with Crippen molar-refractivity contribution in [1.82, 2.24) is 0 Å². The Morgan fingerprint density at radius 1 is 0.537 bits per heavy atom. The lowest BCUT2D eigenvalue weighted by Gasteiger charge is -2.38. The van der Waals surface area contributed by atoms with E-state index in [1.165, 1.54) is 0 Å². The second kappa shape index (κ2) is 18.3. The molecule has 0 saturated heterocycles. The van der Waals surface area contributed by atoms with Crippen LogP contribution in [0.2, 0.25) is 0 Å². The maximum atomic E-state index is 12.1. The monoisotopic (exact) mass is 836 g/mol. The third kappa shape index (κ3) is 9.17. The Balaban J connectivity index is 1.26. The van der Waals surface area contributed by atoms with E-state index in [0.717, 1.165) is 22.3 Å². The van der Waals surface area contributed by atoms with E-state index in [1.54, 1.807) is 0 Å². The fraction of sp³-hybridized carbons (Fsp3) is 0.200. The molecular formula is C45H41IO8. The molecule has 0 amide bonds. The Morgan fingerprint density at radius 2 is 1.00 bits per heavy atom. The molecule has 2 N–H and O–H groups in total. The number of halogens is 1. The quantitative estimate of drug-likeness (QED) is 0.0933. The average molecular weight is 837 g/mol. The van der Waals surface area contributed by atoms with E-state index in [0.29, 0.717) is 63.3 Å². The standard InChI is InChI=1S/C45H41IO8/c46-41-39(53-30-34-19-11-4-12-20-34)26-38(52-29-33-17-9-3-10-18-33)40-44(41)54-43(42(48)45(40)49-24-23-47)35-21-22-36(50-27-31-13-5-1-6-14-31)37(25-35)51-28-32-15-7-2-8-16-32/h1-22,25-26,42-43,45,47-48H,23-24,27-30H2/t42-,43-,45+/m1/s1. The first-order valence-corrected chi connectivity index (χ1v) is 18.9. The summed E-state index contributed by atoms with van der Waals surface area (Å²) in [6.45, 7) is 1.02. The van der Waals surface area contributed by atoms with Gasteiger partial charge in [-0.15, -0.1) is 0 Å². The van der Waals surface area contributed by atoms with Crippen LogP contribution in [-0.2, 0) is 31.2 Å². The lowest BCUT2D eigenvalue weighted by Crippen LogP contribution is -2.37. The van der Waals surface area contributed by atoms with E-state index in [4.69, 9.17) is 28.4 Å². The Bertz CT molecular complexity index is 2080. The van der Waals surface area contributed by atoms with Crippen LogP contribution < -0.4 is 23.7 Å². The van der Waals surface area contributed by atoms with Crippen molar-refractivity contribution in [1.29, 1.82) is 0 Å². The number of hydrogen-bond donors (Lipinski definition) is 2. The molecule has 0 unspecified atom stereocenters. The Hall–Kier alpha value is -5.07. The van der Waals surface area contributed by atoms with Gasteiger partial charge in [-0.1, -0.05) is 127 Å². The zero-order valence-corrected chi connectivity index (χ0v) is 31.7. The normalized spacial score (nSPS) is 16.2. The molecule has 54 heavy (non-hydrogen) atoms. The van der Waals surface area contributed by atoms with Crippen LogP contribution in [-0.4, -0.2) is 29.5 Å². The summed E-state index contributed by atoms with van der Waals surface area (Å²) >= 11 is 2.22. The van der Waals surface area contributed by atoms with Gasteiger partial charge >= 0.3 is 0 Å². The van der Waals surface area contributed by atoms with Crippen molar-refractivity contribution in [2.45, 2.75) is 44.7 Å². The molecule has 0 saturated carbocycles. The highest BCUT2D eigenvalue weighted by atomic mass is 127. The number of hydrogen-bond acceptors (Lipinski definition) is 8. The van der Waals surface area contributed by atoms with Crippen LogP contribution in [0.15, 0.2) is 146 Å². The van der Waals surface area contributed by atoms with Gasteiger partial charge in [0.2, 0.25) is 0 Å². The Labute approximate surface area is 329 Å². The van der Waals surface area contributed by atoms with E-state index >= 15 is 0 Å². The molecule has 1 aliphatic rings. The summed E-state index contributed by atoms with van der Waals surface area (Å²) in [5, 5.41) is 21.9. The second-order valence-electron chi connectivity index (χ2n) is 12.8. The molecule has 276 valence electrons. The van der Waals surface area contributed by atoms with Crippen molar-refractivity contribution in [3.8, 4) is 28.7 Å². The first-order chi connectivity index (χ1) is 26.6. The molecule has 0 aromatic heterocycles. The minimum atomic E-state index is -1.19. The minimum absolute atomic E-state index is 0.00739. The molecule has 7 rings (SSSR count). The molecule has 0 fully saturated rings. The number of benzene rings is 6. The molecule has 1 aliphatic heterocycles. The van der Waals surface area contributed by atoms with Gasteiger partial charge in [0.15, 0.2) is 17.6 Å². The maximum absolute atomic E-state index is 12.1. The van der Waals surface area contributed by atoms with Gasteiger partial charge in [-0.2, -0.15) is 0 Å². The summed E-state index contributed by atoms with van der Waals surface area (Å²) in [6, 6.07) is 47.0. The SMILES string of the molecule is OCCO[C@H]1c2c(OCc3ccccc3)cc(OCc3ccccc3)c(I)c2O[C@H](c2ccc(OCc3ccccc3)c(OCc3ccccc3)c2)[C@H]1O. The highest BCUT2D eigenvalue weighted by molar-refractivity contribution is 14.1. The van der Waals surface area contributed by atoms with E-state index in [1.807, 2.05) is 146 Å². The number of fused-ring (bicyclic) bond motifs is 1. The lowest BCUT2D eigenvalue weighted by molar-refractivity contribution is -0.108. The van der Waals surface area contributed by atoms with Crippen LogP contribution in [0, 0.1) is 3.57 Å². The molecular weight excluding hydrogens is 795 g/mol. The van der Waals surface area contributed by atoms with E-state index in [2.05, 4.69) is 22.6 Å². The van der Waals surface area contributed by atoms with Crippen LogP contribution in [0.25, 0.3) is 0 Å². The van der Waals surface area contributed by atoms with E-state index in [9.17, 15) is 10.2 Å². The Morgan fingerprint density at radius 3 is 1.50 bits per heavy atom. The van der Waals surface area contributed by atoms with Crippen molar-refractivity contribution < 1.29 is 38.6 Å². The van der Waals surface area contributed by atoms with Crippen molar-refractivity contribution in [3.63, 3.8) is 0 Å². The van der Waals surface area contributed by atoms with E-state index < -0.39 is 18.3 Å². The van der Waals surface area contributed by atoms with Gasteiger partial charge in [-0.3, -0.25) is 0 Å². The molecule has 1 heterocycles. The van der Waals surface area contributed by atoms with Crippen LogP contribution >= 0.6 is 22.6 Å². The first kappa shape index (κ1) is 37.3. The van der Waals surface area contributed by atoms with Crippen molar-refractivity contribution >= 4 is 22.6 Å². The molecule has 9 heteroatoms. The number of ether oxygens (including phenoxy) is 6. The predicted molar refractivity (Wildman–Crippen MR) is 214 cm³/mol. The number of aliphatic hydroxyl groups excluding tert-OH is 2. The number of rotatable bonds is 16. The van der Waals surface area contributed by atoms with Gasteiger partial charge in [0, 0.05) is 6.07 Å². The third-order valence-corrected chi connectivity index (χ3v) is 9.99. The zero-order chi connectivity index (χ0) is 37.1. The van der Waals surface area contributed by atoms with Gasteiger partial charge in [0.05, 0.1) is 22.3 Å². The van der Waals surface area contributed by atoms with E-state index in [-0.39, 0.29) is 19.8 Å². The fourth-order valence-corrected chi connectivity index (χ4v) is 6.97. The summed E-state index contributed by atoms with van der Waals surface area (Å²) in [6.07, 6.45) is -2.98. The average Bonchev–Trinajstić information content (AvgIpc) is 3.22. The smallest absolute Gasteiger partial charge is 0.162 e.